The average molecular weight is 604 g/mol. The van der Waals surface area contributed by atoms with Crippen molar-refractivity contribution in [3.8, 4) is 34.6 Å². The summed E-state index contributed by atoms with van der Waals surface area (Å²) in [6.45, 7) is 4.00. The SMILES string of the molecule is Cc1cccc(-n2c(C)cs/c2=N\C(=O)NCC(C#N)c2ccc(-c3ncn(-c4ccc(OC(F)(F)F)cc4)n3)cc2)c1. The smallest absolute Gasteiger partial charge is 0.406 e. The standard InChI is InChI=1S/C30H24F3N7O2S/c1-19-4-3-5-25(14-19)40-20(2)17-43-29(40)37-28(41)35-16-23(15-34)21-6-8-22(9-7-21)27-36-18-39(38-27)24-10-12-26(13-11-24)42-30(31,32)33/h3-14,17-18,23H,16H2,1-2H3,(H,35,41)/b37-29-. The van der Waals surface area contributed by atoms with Gasteiger partial charge >= 0.3 is 12.4 Å². The van der Waals surface area contributed by atoms with Crippen molar-refractivity contribution in [2.75, 3.05) is 6.54 Å². The molecule has 0 aliphatic heterocycles. The number of ether oxygens (including phenoxy) is 1. The van der Waals surface area contributed by atoms with Crippen LogP contribution in [-0.2, 0) is 0 Å². The summed E-state index contributed by atoms with van der Waals surface area (Å²) >= 11 is 1.35. The molecule has 0 aliphatic carbocycles. The van der Waals surface area contributed by atoms with Crippen LogP contribution in [0.4, 0.5) is 18.0 Å². The van der Waals surface area contributed by atoms with Gasteiger partial charge in [0.2, 0.25) is 0 Å². The first-order valence-corrected chi connectivity index (χ1v) is 13.8. The molecule has 1 N–H and O–H groups in total. The summed E-state index contributed by atoms with van der Waals surface area (Å²) in [6, 6.07) is 21.8. The van der Waals surface area contributed by atoms with Crippen molar-refractivity contribution in [1.82, 2.24) is 24.6 Å². The van der Waals surface area contributed by atoms with Crippen LogP contribution >= 0.6 is 11.3 Å². The molecule has 3 aromatic carbocycles. The molecule has 0 saturated carbocycles. The van der Waals surface area contributed by atoms with Gasteiger partial charge in [-0.25, -0.2) is 14.5 Å². The van der Waals surface area contributed by atoms with Gasteiger partial charge in [0.15, 0.2) is 10.6 Å². The van der Waals surface area contributed by atoms with Gasteiger partial charge < -0.3 is 10.1 Å². The molecule has 9 nitrogen and oxygen atoms in total. The lowest BCUT2D eigenvalue weighted by atomic mass is 9.99. The number of carbonyl (C=O) groups excluding carboxylic acids is 1. The number of carbonyl (C=O) groups is 1. The summed E-state index contributed by atoms with van der Waals surface area (Å²) in [4.78, 5) is 21.7. The van der Waals surface area contributed by atoms with E-state index in [1.165, 1.54) is 46.6 Å². The highest BCUT2D eigenvalue weighted by Gasteiger charge is 2.31. The van der Waals surface area contributed by atoms with E-state index in [1.54, 1.807) is 24.3 Å². The highest BCUT2D eigenvalue weighted by atomic mass is 32.1. The molecule has 2 heterocycles. The second kappa shape index (κ2) is 12.3. The zero-order valence-electron chi connectivity index (χ0n) is 22.9. The van der Waals surface area contributed by atoms with E-state index < -0.39 is 18.3 Å². The van der Waals surface area contributed by atoms with E-state index in [4.69, 9.17) is 0 Å². The van der Waals surface area contributed by atoms with Crippen LogP contribution in [0, 0.1) is 25.2 Å². The Hall–Kier alpha value is -5.22. The van der Waals surface area contributed by atoms with E-state index in [0.717, 1.165) is 16.9 Å². The van der Waals surface area contributed by atoms with Gasteiger partial charge in [0.05, 0.1) is 17.7 Å². The summed E-state index contributed by atoms with van der Waals surface area (Å²) in [5, 5.41) is 18.8. The largest absolute Gasteiger partial charge is 0.573 e. The van der Waals surface area contributed by atoms with Crippen molar-refractivity contribution in [3.05, 3.63) is 106 Å². The molecule has 0 saturated heterocycles. The van der Waals surface area contributed by atoms with Gasteiger partial charge in [0.1, 0.15) is 12.1 Å². The lowest BCUT2D eigenvalue weighted by Gasteiger charge is -2.10. The summed E-state index contributed by atoms with van der Waals surface area (Å²) in [7, 11) is 0. The molecule has 1 atom stereocenters. The summed E-state index contributed by atoms with van der Waals surface area (Å²) in [5.74, 6) is -0.572. The van der Waals surface area contributed by atoms with Gasteiger partial charge in [0, 0.05) is 28.9 Å². The van der Waals surface area contributed by atoms with E-state index in [-0.39, 0.29) is 12.3 Å². The molecule has 0 spiro atoms. The molecule has 0 fully saturated rings. The third kappa shape index (κ3) is 7.17. The molecule has 5 aromatic rings. The molecule has 218 valence electrons. The van der Waals surface area contributed by atoms with E-state index >= 15 is 0 Å². The summed E-state index contributed by atoms with van der Waals surface area (Å²) in [6.07, 6.45) is -3.33. The number of thiazole rings is 1. The minimum atomic E-state index is -4.77. The van der Waals surface area contributed by atoms with Crippen molar-refractivity contribution in [2.24, 2.45) is 4.99 Å². The number of hydrogen-bond acceptors (Lipinski definition) is 6. The molecule has 0 bridgehead atoms. The Morgan fingerprint density at radius 2 is 1.84 bits per heavy atom. The zero-order valence-corrected chi connectivity index (χ0v) is 23.7. The number of aromatic nitrogens is 4. The van der Waals surface area contributed by atoms with Crippen molar-refractivity contribution in [1.29, 1.82) is 5.26 Å². The molecular weight excluding hydrogens is 579 g/mol. The number of rotatable bonds is 7. The van der Waals surface area contributed by atoms with Crippen LogP contribution in [0.1, 0.15) is 22.7 Å². The molecule has 13 heteroatoms. The Labute approximate surface area is 248 Å². The third-order valence-electron chi connectivity index (χ3n) is 6.35. The average Bonchev–Trinajstić information content (AvgIpc) is 3.60. The maximum Gasteiger partial charge on any atom is 0.573 e. The number of halogens is 3. The predicted molar refractivity (Wildman–Crippen MR) is 154 cm³/mol. The Bertz CT molecular complexity index is 1850. The fraction of sp³-hybridized carbons (Fsp3) is 0.167. The lowest BCUT2D eigenvalue weighted by Crippen LogP contribution is -2.28. The molecule has 2 aromatic heterocycles. The number of urea groups is 1. The first kappa shape index (κ1) is 29.3. The number of nitrogens with one attached hydrogen (secondary N) is 1. The Balaban J connectivity index is 1.24. The number of nitrogens with zero attached hydrogens (tertiary/aromatic N) is 6. The van der Waals surface area contributed by atoms with Crippen LogP contribution in [0.15, 0.2) is 89.5 Å². The van der Waals surface area contributed by atoms with Crippen molar-refractivity contribution in [3.63, 3.8) is 0 Å². The fourth-order valence-corrected chi connectivity index (χ4v) is 5.16. The molecular formula is C30H24F3N7O2S. The number of amides is 2. The molecule has 43 heavy (non-hydrogen) atoms. The van der Waals surface area contributed by atoms with E-state index in [2.05, 4.69) is 31.2 Å². The molecule has 0 aliphatic rings. The Kier molecular flexibility index (Phi) is 8.40. The third-order valence-corrected chi connectivity index (χ3v) is 7.29. The maximum absolute atomic E-state index is 12.7. The second-order valence-electron chi connectivity index (χ2n) is 9.49. The van der Waals surface area contributed by atoms with Crippen LogP contribution < -0.4 is 14.9 Å². The van der Waals surface area contributed by atoms with Gasteiger partial charge in [-0.3, -0.25) is 4.57 Å². The van der Waals surface area contributed by atoms with Crippen LogP contribution in [0.2, 0.25) is 0 Å². The number of benzene rings is 3. The molecule has 2 amide bonds. The summed E-state index contributed by atoms with van der Waals surface area (Å²) < 4.78 is 44.4. The minimum absolute atomic E-state index is 0.0634. The first-order valence-electron chi connectivity index (χ1n) is 12.9. The van der Waals surface area contributed by atoms with Crippen molar-refractivity contribution in [2.45, 2.75) is 26.1 Å². The fourth-order valence-electron chi connectivity index (χ4n) is 4.29. The highest BCUT2D eigenvalue weighted by molar-refractivity contribution is 7.07. The van der Waals surface area contributed by atoms with Gasteiger partial charge in [-0.15, -0.1) is 29.6 Å². The molecule has 1 unspecified atom stereocenters. The minimum Gasteiger partial charge on any atom is -0.406 e. The Morgan fingerprint density at radius 1 is 1.09 bits per heavy atom. The first-order chi connectivity index (χ1) is 20.6. The molecule has 5 rings (SSSR count). The van der Waals surface area contributed by atoms with Crippen LogP contribution in [0.3, 0.4) is 0 Å². The van der Waals surface area contributed by atoms with Gasteiger partial charge in [-0.2, -0.15) is 10.3 Å². The number of alkyl halides is 3. The summed E-state index contributed by atoms with van der Waals surface area (Å²) in [5.41, 5.74) is 4.80. The van der Waals surface area contributed by atoms with Crippen molar-refractivity contribution >= 4 is 17.4 Å². The predicted octanol–water partition coefficient (Wildman–Crippen LogP) is 6.22. The Morgan fingerprint density at radius 3 is 2.51 bits per heavy atom. The van der Waals surface area contributed by atoms with E-state index in [0.29, 0.717) is 27.4 Å². The zero-order chi connectivity index (χ0) is 30.6. The van der Waals surface area contributed by atoms with Gasteiger partial charge in [0.25, 0.3) is 0 Å². The van der Waals surface area contributed by atoms with Crippen LogP contribution in [0.25, 0.3) is 22.8 Å². The van der Waals surface area contributed by atoms with Crippen LogP contribution in [-0.4, -0.2) is 38.3 Å². The lowest BCUT2D eigenvalue weighted by molar-refractivity contribution is -0.274. The highest BCUT2D eigenvalue weighted by Crippen LogP contribution is 2.25. The van der Waals surface area contributed by atoms with E-state index in [9.17, 15) is 23.2 Å². The number of hydrogen-bond donors (Lipinski definition) is 1. The monoisotopic (exact) mass is 603 g/mol. The maximum atomic E-state index is 12.7. The van der Waals surface area contributed by atoms with Crippen molar-refractivity contribution < 1.29 is 22.7 Å². The van der Waals surface area contributed by atoms with Crippen LogP contribution in [0.5, 0.6) is 5.75 Å². The number of nitriles is 1. The number of aryl methyl sites for hydroxylation is 2. The van der Waals surface area contributed by atoms with Gasteiger partial charge in [-0.05, 0) is 61.4 Å². The van der Waals surface area contributed by atoms with Gasteiger partial charge in [-0.1, -0.05) is 36.4 Å². The second-order valence-corrected chi connectivity index (χ2v) is 10.3. The normalized spacial score (nSPS) is 12.5. The topological polar surface area (TPSA) is 110 Å². The molecule has 0 radical (unpaired) electrons. The quantitative estimate of drug-likeness (QED) is 0.238. The van der Waals surface area contributed by atoms with E-state index in [1.807, 2.05) is 48.1 Å².